The molecule has 0 bridgehead atoms. The Morgan fingerprint density at radius 3 is 2.68 bits per heavy atom. The predicted octanol–water partition coefficient (Wildman–Crippen LogP) is 3.16. The van der Waals surface area contributed by atoms with Gasteiger partial charge in [0, 0.05) is 21.9 Å². The van der Waals surface area contributed by atoms with Crippen molar-refractivity contribution in [3.63, 3.8) is 0 Å². The number of nitrogens with one attached hydrogen (secondary N) is 1. The Kier molecular flexibility index (Phi) is 4.16. The Bertz CT molecular complexity index is 595. The quantitative estimate of drug-likeness (QED) is 0.882. The summed E-state index contributed by atoms with van der Waals surface area (Å²) in [6.45, 7) is 2.63. The van der Waals surface area contributed by atoms with Crippen LogP contribution in [0, 0.1) is 5.82 Å². The number of hydrogen-bond acceptors (Lipinski definition) is 3. The summed E-state index contributed by atoms with van der Waals surface area (Å²) in [5, 5.41) is 2.99. The molecule has 0 aliphatic heterocycles. The summed E-state index contributed by atoms with van der Waals surface area (Å²) in [5.74, 6) is -0.954. The minimum absolute atomic E-state index is 0.294. The molecule has 5 heteroatoms. The van der Waals surface area contributed by atoms with Crippen molar-refractivity contribution in [2.45, 2.75) is 19.9 Å². The van der Waals surface area contributed by atoms with Crippen molar-refractivity contribution in [2.75, 3.05) is 5.32 Å². The molecule has 2 aromatic rings. The van der Waals surface area contributed by atoms with Crippen LogP contribution in [-0.4, -0.2) is 5.91 Å². The number of amides is 1. The predicted molar refractivity (Wildman–Crippen MR) is 75.9 cm³/mol. The zero-order valence-corrected chi connectivity index (χ0v) is 11.4. The van der Waals surface area contributed by atoms with E-state index in [0.717, 1.165) is 11.3 Å². The summed E-state index contributed by atoms with van der Waals surface area (Å²) in [4.78, 5) is 13.5. The topological polar surface area (TPSA) is 55.1 Å². The van der Waals surface area contributed by atoms with E-state index in [4.69, 9.17) is 5.73 Å². The molecule has 3 N–H and O–H groups in total. The normalized spacial score (nSPS) is 10.4. The summed E-state index contributed by atoms with van der Waals surface area (Å²) in [6, 6.07) is 8.15. The van der Waals surface area contributed by atoms with E-state index < -0.39 is 11.7 Å². The second-order valence-corrected chi connectivity index (χ2v) is 5.39. The number of rotatable bonds is 5. The molecule has 19 heavy (non-hydrogen) atoms. The van der Waals surface area contributed by atoms with E-state index in [1.807, 2.05) is 6.07 Å². The molecule has 1 heterocycles. The van der Waals surface area contributed by atoms with Crippen LogP contribution in [0.15, 0.2) is 30.3 Å². The van der Waals surface area contributed by atoms with Gasteiger partial charge in [-0.3, -0.25) is 4.79 Å². The number of thiophene rings is 1. The van der Waals surface area contributed by atoms with Gasteiger partial charge in [-0.1, -0.05) is 6.92 Å². The molecule has 0 aliphatic rings. The van der Waals surface area contributed by atoms with Crippen molar-refractivity contribution in [1.82, 2.24) is 0 Å². The number of carbonyl (C=O) groups is 1. The van der Waals surface area contributed by atoms with Crippen LogP contribution >= 0.6 is 11.3 Å². The molecule has 0 spiro atoms. The van der Waals surface area contributed by atoms with Gasteiger partial charge in [0.05, 0.1) is 5.69 Å². The molecule has 1 aromatic heterocycles. The van der Waals surface area contributed by atoms with E-state index in [-0.39, 0.29) is 0 Å². The molecule has 1 aromatic carbocycles. The van der Waals surface area contributed by atoms with Gasteiger partial charge in [-0.15, -0.1) is 11.3 Å². The number of benzene rings is 1. The van der Waals surface area contributed by atoms with Crippen molar-refractivity contribution in [3.8, 4) is 0 Å². The van der Waals surface area contributed by atoms with Gasteiger partial charge in [0.2, 0.25) is 5.91 Å². The Balaban J connectivity index is 2.10. The van der Waals surface area contributed by atoms with Gasteiger partial charge in [0.1, 0.15) is 5.82 Å². The summed E-state index contributed by atoms with van der Waals surface area (Å²) >= 11 is 1.69. The summed E-state index contributed by atoms with van der Waals surface area (Å²) in [5.41, 5.74) is 5.76. The molecule has 0 aliphatic carbocycles. The van der Waals surface area contributed by atoms with Gasteiger partial charge in [-0.05, 0) is 36.8 Å². The van der Waals surface area contributed by atoms with Crippen LogP contribution in [-0.2, 0) is 13.0 Å². The van der Waals surface area contributed by atoms with Gasteiger partial charge in [0.25, 0.3) is 0 Å². The van der Waals surface area contributed by atoms with Crippen LogP contribution in [0.25, 0.3) is 0 Å². The highest BCUT2D eigenvalue weighted by atomic mass is 32.1. The molecule has 1 amide bonds. The second kappa shape index (κ2) is 5.84. The zero-order chi connectivity index (χ0) is 13.8. The third-order valence-corrected chi connectivity index (χ3v) is 4.00. The van der Waals surface area contributed by atoms with Crippen molar-refractivity contribution in [2.24, 2.45) is 5.73 Å². The van der Waals surface area contributed by atoms with E-state index in [2.05, 4.69) is 18.3 Å². The number of nitrogens with two attached hydrogens (primary N) is 1. The molecule has 0 fully saturated rings. The summed E-state index contributed by atoms with van der Waals surface area (Å²) in [6.07, 6.45) is 0.996. The molecule has 0 atom stereocenters. The molecule has 0 saturated heterocycles. The monoisotopic (exact) mass is 278 g/mol. The van der Waals surface area contributed by atoms with E-state index >= 15 is 0 Å². The second-order valence-electron chi connectivity index (χ2n) is 4.13. The van der Waals surface area contributed by atoms with Crippen LogP contribution in [0.2, 0.25) is 0 Å². The van der Waals surface area contributed by atoms with Crippen molar-refractivity contribution >= 4 is 22.9 Å². The van der Waals surface area contributed by atoms with Gasteiger partial charge < -0.3 is 11.1 Å². The highest BCUT2D eigenvalue weighted by Gasteiger charge is 2.07. The zero-order valence-electron chi connectivity index (χ0n) is 10.6. The molecule has 0 radical (unpaired) electrons. The van der Waals surface area contributed by atoms with E-state index in [0.29, 0.717) is 17.8 Å². The fourth-order valence-electron chi connectivity index (χ4n) is 1.70. The number of anilines is 1. The van der Waals surface area contributed by atoms with Gasteiger partial charge in [0.15, 0.2) is 0 Å². The third-order valence-electron chi connectivity index (χ3n) is 2.77. The first-order valence-corrected chi connectivity index (χ1v) is 6.82. The van der Waals surface area contributed by atoms with Crippen molar-refractivity contribution in [1.29, 1.82) is 0 Å². The molecule has 3 nitrogen and oxygen atoms in total. The fraction of sp³-hybridized carbons (Fsp3) is 0.214. The summed E-state index contributed by atoms with van der Waals surface area (Å²) in [7, 11) is 0. The minimum atomic E-state index is -0.563. The standard InChI is InChI=1S/C14H15FN2OS/c1-2-10-4-5-11(19-10)8-17-13-7-9(14(16)18)3-6-12(13)15/h3-7,17H,2,8H2,1H3,(H2,16,18). The van der Waals surface area contributed by atoms with Crippen molar-refractivity contribution in [3.05, 3.63) is 51.5 Å². The van der Waals surface area contributed by atoms with E-state index in [1.54, 1.807) is 11.3 Å². The average Bonchev–Trinajstić information content (AvgIpc) is 2.85. The number of carbonyl (C=O) groups excluding carboxylic acids is 1. The average molecular weight is 278 g/mol. The van der Waals surface area contributed by atoms with E-state index in [9.17, 15) is 9.18 Å². The first-order valence-electron chi connectivity index (χ1n) is 6.01. The van der Waals surface area contributed by atoms with Crippen LogP contribution < -0.4 is 11.1 Å². The smallest absolute Gasteiger partial charge is 0.248 e. The lowest BCUT2D eigenvalue weighted by Crippen LogP contribution is -2.12. The maximum atomic E-state index is 13.6. The highest BCUT2D eigenvalue weighted by molar-refractivity contribution is 7.12. The maximum Gasteiger partial charge on any atom is 0.248 e. The molecule has 0 saturated carbocycles. The van der Waals surface area contributed by atoms with Crippen LogP contribution in [0.5, 0.6) is 0 Å². The third kappa shape index (κ3) is 3.32. The fourth-order valence-corrected chi connectivity index (χ4v) is 2.60. The number of aryl methyl sites for hydroxylation is 1. The van der Waals surface area contributed by atoms with Crippen LogP contribution in [0.3, 0.4) is 0 Å². The van der Waals surface area contributed by atoms with Crippen LogP contribution in [0.4, 0.5) is 10.1 Å². The maximum absolute atomic E-state index is 13.6. The molecular formula is C14H15FN2OS. The molecule has 0 unspecified atom stereocenters. The van der Waals surface area contributed by atoms with Crippen LogP contribution in [0.1, 0.15) is 27.0 Å². The van der Waals surface area contributed by atoms with E-state index in [1.165, 1.54) is 23.1 Å². The summed E-state index contributed by atoms with van der Waals surface area (Å²) < 4.78 is 13.6. The number of hydrogen-bond donors (Lipinski definition) is 2. The SMILES string of the molecule is CCc1ccc(CNc2cc(C(N)=O)ccc2F)s1. The molecular weight excluding hydrogens is 263 g/mol. The molecule has 2 rings (SSSR count). The Morgan fingerprint density at radius 1 is 1.32 bits per heavy atom. The largest absolute Gasteiger partial charge is 0.378 e. The lowest BCUT2D eigenvalue weighted by Gasteiger charge is -2.07. The molecule has 100 valence electrons. The minimum Gasteiger partial charge on any atom is -0.378 e. The number of halogens is 1. The number of primary amides is 1. The first-order chi connectivity index (χ1) is 9.10. The Morgan fingerprint density at radius 2 is 2.05 bits per heavy atom. The lowest BCUT2D eigenvalue weighted by molar-refractivity contribution is 0.100. The van der Waals surface area contributed by atoms with Gasteiger partial charge in [-0.25, -0.2) is 4.39 Å². The van der Waals surface area contributed by atoms with Crippen molar-refractivity contribution < 1.29 is 9.18 Å². The first kappa shape index (κ1) is 13.5. The lowest BCUT2D eigenvalue weighted by atomic mass is 10.2. The Hall–Kier alpha value is -1.88. The van der Waals surface area contributed by atoms with Gasteiger partial charge in [-0.2, -0.15) is 0 Å². The Labute approximate surface area is 115 Å². The highest BCUT2D eigenvalue weighted by Crippen LogP contribution is 2.20. The van der Waals surface area contributed by atoms with Gasteiger partial charge >= 0.3 is 0 Å².